The number of halogens is 1. The first-order valence-electron chi connectivity index (χ1n) is 4.62. The molecule has 17 heavy (non-hydrogen) atoms. The normalized spacial score (nSPS) is 12.3. The number of aliphatic hydroxyl groups is 1. The van der Waals surface area contributed by atoms with E-state index in [9.17, 15) is 9.59 Å². The molecular formula is C12H9ClO4. The van der Waals surface area contributed by atoms with Gasteiger partial charge in [-0.2, -0.15) is 0 Å². The van der Waals surface area contributed by atoms with Crippen molar-refractivity contribution >= 4 is 23.4 Å². The smallest absolute Gasteiger partial charge is 0.372 e. The van der Waals surface area contributed by atoms with Crippen molar-refractivity contribution < 1.29 is 19.8 Å². The van der Waals surface area contributed by atoms with E-state index in [1.807, 2.05) is 0 Å². The molecule has 0 amide bonds. The van der Waals surface area contributed by atoms with Gasteiger partial charge in [0.05, 0.1) is 5.03 Å². The summed E-state index contributed by atoms with van der Waals surface area (Å²) in [7, 11) is 0. The summed E-state index contributed by atoms with van der Waals surface area (Å²) < 4.78 is 0. The third-order valence-corrected chi connectivity index (χ3v) is 2.17. The van der Waals surface area contributed by atoms with Gasteiger partial charge in [-0.15, -0.1) is 0 Å². The van der Waals surface area contributed by atoms with Gasteiger partial charge in [-0.1, -0.05) is 41.9 Å². The molecule has 0 radical (unpaired) electrons. The molecule has 0 heterocycles. The predicted molar refractivity (Wildman–Crippen MR) is 63.1 cm³/mol. The Hall–Kier alpha value is -2.07. The zero-order chi connectivity index (χ0) is 12.8. The Morgan fingerprint density at radius 1 is 1.06 bits per heavy atom. The Morgan fingerprint density at radius 3 is 2.18 bits per heavy atom. The number of rotatable bonds is 4. The van der Waals surface area contributed by atoms with E-state index in [1.165, 1.54) is 0 Å². The molecule has 5 heteroatoms. The summed E-state index contributed by atoms with van der Waals surface area (Å²) in [4.78, 5) is 21.9. The van der Waals surface area contributed by atoms with Gasteiger partial charge in [0.1, 0.15) is 0 Å². The molecule has 0 aliphatic rings. The zero-order valence-electron chi connectivity index (χ0n) is 8.63. The van der Waals surface area contributed by atoms with Gasteiger partial charge < -0.3 is 10.2 Å². The Balaban J connectivity index is 2.83. The maximum atomic E-state index is 11.5. The molecule has 0 spiro atoms. The molecule has 1 aromatic carbocycles. The van der Waals surface area contributed by atoms with Crippen LogP contribution in [0.15, 0.2) is 53.3 Å². The van der Waals surface area contributed by atoms with Crippen LogP contribution in [0.3, 0.4) is 0 Å². The lowest BCUT2D eigenvalue weighted by molar-refractivity contribution is -0.135. The van der Waals surface area contributed by atoms with Gasteiger partial charge in [0.25, 0.3) is 0 Å². The van der Waals surface area contributed by atoms with Crippen molar-refractivity contribution in [3.8, 4) is 0 Å². The third kappa shape index (κ3) is 3.77. The van der Waals surface area contributed by atoms with E-state index in [0.29, 0.717) is 5.56 Å². The molecule has 2 N–H and O–H groups in total. The maximum Gasteiger partial charge on any atom is 0.372 e. The van der Waals surface area contributed by atoms with Crippen molar-refractivity contribution in [1.82, 2.24) is 0 Å². The summed E-state index contributed by atoms with van der Waals surface area (Å²) in [5.74, 6) is -2.88. The number of hydrogen-bond donors (Lipinski definition) is 2. The molecule has 4 nitrogen and oxygen atoms in total. The Kier molecular flexibility index (Phi) is 4.48. The van der Waals surface area contributed by atoms with Gasteiger partial charge in [0.15, 0.2) is 5.78 Å². The van der Waals surface area contributed by atoms with Crippen LogP contribution in [0.4, 0.5) is 0 Å². The van der Waals surface area contributed by atoms with Crippen LogP contribution in [0.25, 0.3) is 0 Å². The second-order valence-electron chi connectivity index (χ2n) is 3.07. The quantitative estimate of drug-likeness (QED) is 0.374. The molecule has 0 aliphatic heterocycles. The first-order chi connectivity index (χ1) is 8.02. The number of ketones is 1. The summed E-state index contributed by atoms with van der Waals surface area (Å²) >= 11 is 5.47. The number of hydrogen-bond acceptors (Lipinski definition) is 3. The third-order valence-electron chi connectivity index (χ3n) is 1.87. The average Bonchev–Trinajstić information content (AvgIpc) is 2.35. The zero-order valence-corrected chi connectivity index (χ0v) is 9.39. The van der Waals surface area contributed by atoms with Crippen LogP contribution in [0, 0.1) is 0 Å². The summed E-state index contributed by atoms with van der Waals surface area (Å²) in [6, 6.07) is 8.40. The highest BCUT2D eigenvalue weighted by atomic mass is 35.5. The standard InChI is InChI=1S/C12H9ClO4/c13-9(11(15)12(16)17)6-7-10(14)8-4-2-1-3-5-8/h1-7,15H,(H,16,17)/b7-6?,11-9+. The monoisotopic (exact) mass is 252 g/mol. The molecule has 0 fully saturated rings. The number of carboxylic acid groups (broad SMARTS) is 1. The molecule has 1 aromatic rings. The lowest BCUT2D eigenvalue weighted by Crippen LogP contribution is -2.00. The average molecular weight is 253 g/mol. The van der Waals surface area contributed by atoms with Gasteiger partial charge in [-0.05, 0) is 12.2 Å². The highest BCUT2D eigenvalue weighted by molar-refractivity contribution is 6.33. The molecule has 1 rings (SSSR count). The molecule has 0 unspecified atom stereocenters. The minimum absolute atomic E-state index is 0.332. The van der Waals surface area contributed by atoms with Crippen molar-refractivity contribution in [2.45, 2.75) is 0 Å². The fourth-order valence-electron chi connectivity index (χ4n) is 1.03. The van der Waals surface area contributed by atoms with E-state index in [1.54, 1.807) is 30.3 Å². The van der Waals surface area contributed by atoms with E-state index in [-0.39, 0.29) is 5.78 Å². The van der Waals surface area contributed by atoms with Gasteiger partial charge in [-0.3, -0.25) is 4.79 Å². The van der Waals surface area contributed by atoms with Gasteiger partial charge >= 0.3 is 5.97 Å². The number of benzene rings is 1. The Morgan fingerprint density at radius 2 is 1.65 bits per heavy atom. The first kappa shape index (κ1) is 13.0. The molecule has 0 saturated heterocycles. The van der Waals surface area contributed by atoms with Crippen LogP contribution in [-0.4, -0.2) is 22.0 Å². The fraction of sp³-hybridized carbons (Fsp3) is 0. The Bertz CT molecular complexity index is 488. The molecule has 0 saturated carbocycles. The number of carboxylic acids is 1. The van der Waals surface area contributed by atoms with E-state index < -0.39 is 16.8 Å². The lowest BCUT2D eigenvalue weighted by atomic mass is 10.1. The minimum Gasteiger partial charge on any atom is -0.501 e. The van der Waals surface area contributed by atoms with Crippen LogP contribution >= 0.6 is 11.6 Å². The van der Waals surface area contributed by atoms with E-state index in [0.717, 1.165) is 12.2 Å². The number of allylic oxidation sites excluding steroid dienone is 3. The van der Waals surface area contributed by atoms with Crippen LogP contribution in [0.2, 0.25) is 0 Å². The van der Waals surface area contributed by atoms with Crippen molar-refractivity contribution in [2.75, 3.05) is 0 Å². The molecular weight excluding hydrogens is 244 g/mol. The maximum absolute atomic E-state index is 11.5. The summed E-state index contributed by atoms with van der Waals surface area (Å²) in [6.45, 7) is 0. The number of aliphatic hydroxyl groups excluding tert-OH is 1. The molecule has 88 valence electrons. The number of carbonyl (C=O) groups excluding carboxylic acids is 1. The minimum atomic E-state index is -1.55. The van der Waals surface area contributed by atoms with Crippen molar-refractivity contribution in [3.63, 3.8) is 0 Å². The van der Waals surface area contributed by atoms with Gasteiger partial charge in [-0.25, -0.2) is 4.79 Å². The molecule has 0 aliphatic carbocycles. The SMILES string of the molecule is O=C(O)/C(O)=C(\Cl)C=CC(=O)c1ccccc1. The number of carbonyl (C=O) groups is 2. The molecule has 0 atom stereocenters. The predicted octanol–water partition coefficient (Wildman–Crippen LogP) is 2.52. The summed E-state index contributed by atoms with van der Waals surface area (Å²) in [5, 5.41) is 17.0. The van der Waals surface area contributed by atoms with Crippen LogP contribution in [0.1, 0.15) is 10.4 Å². The van der Waals surface area contributed by atoms with Crippen LogP contribution in [-0.2, 0) is 4.79 Å². The lowest BCUT2D eigenvalue weighted by Gasteiger charge is -1.95. The van der Waals surface area contributed by atoms with E-state index in [2.05, 4.69) is 0 Å². The molecule has 0 bridgehead atoms. The molecule has 0 aromatic heterocycles. The van der Waals surface area contributed by atoms with Crippen molar-refractivity contribution in [1.29, 1.82) is 0 Å². The highest BCUT2D eigenvalue weighted by Gasteiger charge is 2.09. The second kappa shape index (κ2) is 5.86. The van der Waals surface area contributed by atoms with Crippen LogP contribution in [0.5, 0.6) is 0 Å². The van der Waals surface area contributed by atoms with Crippen molar-refractivity contribution in [3.05, 3.63) is 58.8 Å². The fourth-order valence-corrected chi connectivity index (χ4v) is 1.17. The summed E-state index contributed by atoms with van der Waals surface area (Å²) in [5.41, 5.74) is 0.447. The van der Waals surface area contributed by atoms with E-state index in [4.69, 9.17) is 21.8 Å². The Labute approximate surface area is 102 Å². The second-order valence-corrected chi connectivity index (χ2v) is 3.47. The topological polar surface area (TPSA) is 74.6 Å². The van der Waals surface area contributed by atoms with Crippen molar-refractivity contribution in [2.24, 2.45) is 0 Å². The van der Waals surface area contributed by atoms with Crippen LogP contribution < -0.4 is 0 Å². The van der Waals surface area contributed by atoms with Gasteiger partial charge in [0, 0.05) is 5.56 Å². The first-order valence-corrected chi connectivity index (χ1v) is 4.99. The largest absolute Gasteiger partial charge is 0.501 e. The van der Waals surface area contributed by atoms with Gasteiger partial charge in [0.2, 0.25) is 5.76 Å². The number of aliphatic carboxylic acids is 1. The highest BCUT2D eigenvalue weighted by Crippen LogP contribution is 2.10. The summed E-state index contributed by atoms with van der Waals surface area (Å²) in [6.07, 6.45) is 2.14. The van der Waals surface area contributed by atoms with E-state index >= 15 is 0 Å².